The highest BCUT2D eigenvalue weighted by Crippen LogP contribution is 2.35. The van der Waals surface area contributed by atoms with Crippen LogP contribution in [-0.4, -0.2) is 18.1 Å². The van der Waals surface area contributed by atoms with Crippen molar-refractivity contribution in [1.82, 2.24) is 0 Å². The molecule has 2 rings (SSSR count). The maximum atomic E-state index is 12.3. The van der Waals surface area contributed by atoms with E-state index in [4.69, 9.17) is 4.74 Å². The molecule has 0 fully saturated rings. The zero-order chi connectivity index (χ0) is 17.7. The summed E-state index contributed by atoms with van der Waals surface area (Å²) in [6.07, 6.45) is 1.43. The average molecular weight is 387 g/mol. The molecule has 0 aliphatic carbocycles. The van der Waals surface area contributed by atoms with Crippen molar-refractivity contribution in [2.24, 2.45) is 0 Å². The van der Waals surface area contributed by atoms with Crippen LogP contribution in [-0.2, 0) is 4.79 Å². The van der Waals surface area contributed by atoms with E-state index in [0.29, 0.717) is 15.7 Å². The lowest BCUT2D eigenvalue weighted by Crippen LogP contribution is -2.13. The number of ether oxygens (including phenoxy) is 1. The fourth-order valence-corrected chi connectivity index (χ4v) is 2.53. The summed E-state index contributed by atoms with van der Waals surface area (Å²) in [6, 6.07) is 12.3. The van der Waals surface area contributed by atoms with Crippen LogP contribution in [0.2, 0.25) is 0 Å². The van der Waals surface area contributed by atoms with Gasteiger partial charge in [-0.25, -0.2) is 0 Å². The molecule has 0 heterocycles. The van der Waals surface area contributed by atoms with Gasteiger partial charge in [-0.05, 0) is 64.3 Å². The number of nitrogens with one attached hydrogen (secondary N) is 1. The summed E-state index contributed by atoms with van der Waals surface area (Å²) >= 11 is 3.21. The first kappa shape index (κ1) is 17.6. The monoisotopic (exact) mass is 386 g/mol. The van der Waals surface area contributed by atoms with Gasteiger partial charge in [-0.1, -0.05) is 12.1 Å². The fourth-order valence-electron chi connectivity index (χ4n) is 2.07. The predicted molar refractivity (Wildman–Crippen MR) is 95.8 cm³/mol. The Hall–Kier alpha value is -2.78. The third-order valence-corrected chi connectivity index (χ3v) is 3.83. The van der Waals surface area contributed by atoms with Crippen molar-refractivity contribution in [1.29, 1.82) is 5.26 Å². The third-order valence-electron chi connectivity index (χ3n) is 3.22. The number of carbonyl (C=O) groups excluding carboxylic acids is 1. The quantitative estimate of drug-likeness (QED) is 0.613. The van der Waals surface area contributed by atoms with E-state index in [1.54, 1.807) is 12.1 Å². The molecule has 5 nitrogen and oxygen atoms in total. The number of nitrogens with zero attached hydrogens (tertiary/aromatic N) is 1. The summed E-state index contributed by atoms with van der Waals surface area (Å²) < 4.78 is 5.47. The van der Waals surface area contributed by atoms with Crippen LogP contribution < -0.4 is 10.1 Å². The highest BCUT2D eigenvalue weighted by atomic mass is 79.9. The van der Waals surface area contributed by atoms with Crippen LogP contribution in [0.5, 0.6) is 11.5 Å². The van der Waals surface area contributed by atoms with Gasteiger partial charge in [0.2, 0.25) is 0 Å². The molecule has 0 aliphatic heterocycles. The number of halogens is 1. The summed E-state index contributed by atoms with van der Waals surface area (Å²) in [5.41, 5.74) is 2.11. The van der Waals surface area contributed by atoms with E-state index in [0.717, 1.165) is 5.56 Å². The summed E-state index contributed by atoms with van der Waals surface area (Å²) in [5.74, 6) is -0.310. The number of aryl methyl sites for hydroxylation is 1. The maximum absolute atomic E-state index is 12.3. The van der Waals surface area contributed by atoms with Crippen molar-refractivity contribution in [3.63, 3.8) is 0 Å². The molecule has 0 aliphatic rings. The van der Waals surface area contributed by atoms with Gasteiger partial charge in [0.15, 0.2) is 11.5 Å². The first-order valence-corrected chi connectivity index (χ1v) is 7.80. The van der Waals surface area contributed by atoms with Gasteiger partial charge in [-0.2, -0.15) is 5.26 Å². The molecule has 0 aromatic heterocycles. The summed E-state index contributed by atoms with van der Waals surface area (Å²) in [6.45, 7) is 1.91. The Morgan fingerprint density at radius 3 is 2.75 bits per heavy atom. The molecule has 122 valence electrons. The lowest BCUT2D eigenvalue weighted by atomic mass is 10.1. The topological polar surface area (TPSA) is 82.3 Å². The minimum Gasteiger partial charge on any atom is -0.503 e. The second-order valence-electron chi connectivity index (χ2n) is 5.05. The van der Waals surface area contributed by atoms with Gasteiger partial charge in [0.1, 0.15) is 11.6 Å². The number of carbonyl (C=O) groups is 1. The number of hydrogen-bond donors (Lipinski definition) is 2. The molecule has 0 unspecified atom stereocenters. The van der Waals surface area contributed by atoms with Crippen LogP contribution in [0, 0.1) is 18.3 Å². The first-order valence-electron chi connectivity index (χ1n) is 7.01. The van der Waals surface area contributed by atoms with Crippen LogP contribution in [0.4, 0.5) is 5.69 Å². The number of hydrogen-bond acceptors (Lipinski definition) is 4. The molecule has 1 amide bonds. The Balaban J connectivity index is 2.31. The molecule has 2 aromatic rings. The number of phenolic OH excluding ortho intramolecular Hbond substituents is 1. The zero-order valence-corrected chi connectivity index (χ0v) is 14.7. The molecule has 24 heavy (non-hydrogen) atoms. The highest BCUT2D eigenvalue weighted by molar-refractivity contribution is 9.10. The van der Waals surface area contributed by atoms with Crippen molar-refractivity contribution >= 4 is 33.6 Å². The Bertz CT molecular complexity index is 854. The number of phenols is 1. The summed E-state index contributed by atoms with van der Waals surface area (Å²) in [5, 5.41) is 21.8. The molecule has 2 aromatic carbocycles. The minimum atomic E-state index is -0.508. The van der Waals surface area contributed by atoms with E-state index in [9.17, 15) is 15.2 Å². The molecule has 0 bridgehead atoms. The number of amides is 1. The first-order chi connectivity index (χ1) is 11.4. The smallest absolute Gasteiger partial charge is 0.266 e. The van der Waals surface area contributed by atoms with Crippen molar-refractivity contribution in [2.75, 3.05) is 12.4 Å². The second-order valence-corrected chi connectivity index (χ2v) is 5.90. The average Bonchev–Trinajstić information content (AvgIpc) is 2.55. The molecule has 0 radical (unpaired) electrons. The molecule has 2 N–H and O–H groups in total. The molecule has 0 spiro atoms. The molecule has 0 saturated heterocycles. The normalized spacial score (nSPS) is 10.8. The number of aromatic hydroxyl groups is 1. The number of nitriles is 1. The van der Waals surface area contributed by atoms with Gasteiger partial charge in [-0.15, -0.1) is 0 Å². The molecule has 0 saturated carbocycles. The lowest BCUT2D eigenvalue weighted by molar-refractivity contribution is -0.112. The molecular formula is C18H15BrN2O3. The van der Waals surface area contributed by atoms with Gasteiger partial charge in [0, 0.05) is 5.69 Å². The maximum Gasteiger partial charge on any atom is 0.266 e. The van der Waals surface area contributed by atoms with Gasteiger partial charge in [0.25, 0.3) is 5.91 Å². The Morgan fingerprint density at radius 1 is 1.38 bits per heavy atom. The van der Waals surface area contributed by atoms with E-state index in [1.807, 2.05) is 31.2 Å². The van der Waals surface area contributed by atoms with Gasteiger partial charge >= 0.3 is 0 Å². The number of anilines is 1. The second kappa shape index (κ2) is 7.66. The third kappa shape index (κ3) is 4.15. The SMILES string of the molecule is COc1cc(/C=C(\C#N)C(=O)Nc2cccc(C)c2)cc(Br)c1O. The summed E-state index contributed by atoms with van der Waals surface area (Å²) in [4.78, 5) is 12.3. The lowest BCUT2D eigenvalue weighted by Gasteiger charge is -2.08. The van der Waals surface area contributed by atoms with E-state index < -0.39 is 5.91 Å². The highest BCUT2D eigenvalue weighted by Gasteiger charge is 2.12. The van der Waals surface area contributed by atoms with Crippen LogP contribution in [0.25, 0.3) is 6.08 Å². The van der Waals surface area contributed by atoms with Gasteiger partial charge in [-0.3, -0.25) is 4.79 Å². The van der Waals surface area contributed by atoms with Crippen molar-refractivity contribution in [3.8, 4) is 17.6 Å². The number of benzene rings is 2. The summed E-state index contributed by atoms with van der Waals surface area (Å²) in [7, 11) is 1.42. The number of methoxy groups -OCH3 is 1. The van der Waals surface area contributed by atoms with Gasteiger partial charge in [0.05, 0.1) is 11.6 Å². The standard InChI is InChI=1S/C18H15BrN2O3/c1-11-4-3-5-14(6-11)21-18(23)13(10-20)7-12-8-15(19)17(22)16(9-12)24-2/h3-9,22H,1-2H3,(H,21,23)/b13-7+. The van der Waals surface area contributed by atoms with Crippen LogP contribution in [0.15, 0.2) is 46.4 Å². The Kier molecular flexibility index (Phi) is 5.61. The van der Waals surface area contributed by atoms with E-state index in [2.05, 4.69) is 21.2 Å². The largest absolute Gasteiger partial charge is 0.503 e. The Labute approximate surface area is 148 Å². The fraction of sp³-hybridized carbons (Fsp3) is 0.111. The van der Waals surface area contributed by atoms with Crippen molar-refractivity contribution in [2.45, 2.75) is 6.92 Å². The predicted octanol–water partition coefficient (Wildman–Crippen LogP) is 4.02. The molecular weight excluding hydrogens is 372 g/mol. The Morgan fingerprint density at radius 2 is 2.12 bits per heavy atom. The van der Waals surface area contributed by atoms with E-state index in [-0.39, 0.29) is 17.1 Å². The molecule has 6 heteroatoms. The van der Waals surface area contributed by atoms with Crippen molar-refractivity contribution < 1.29 is 14.6 Å². The zero-order valence-electron chi connectivity index (χ0n) is 13.1. The van der Waals surface area contributed by atoms with E-state index >= 15 is 0 Å². The molecule has 0 atom stereocenters. The van der Waals surface area contributed by atoms with Gasteiger partial charge < -0.3 is 15.2 Å². The van der Waals surface area contributed by atoms with Crippen LogP contribution >= 0.6 is 15.9 Å². The van der Waals surface area contributed by atoms with Crippen LogP contribution in [0.3, 0.4) is 0 Å². The van der Waals surface area contributed by atoms with Crippen LogP contribution in [0.1, 0.15) is 11.1 Å². The number of rotatable bonds is 4. The van der Waals surface area contributed by atoms with E-state index in [1.165, 1.54) is 19.3 Å². The minimum absolute atomic E-state index is 0.0441. The van der Waals surface area contributed by atoms with Crippen molar-refractivity contribution in [3.05, 3.63) is 57.6 Å².